The van der Waals surface area contributed by atoms with E-state index in [0.29, 0.717) is 49.9 Å². The van der Waals surface area contributed by atoms with Crippen molar-refractivity contribution in [1.82, 2.24) is 19.5 Å². The lowest BCUT2D eigenvalue weighted by Gasteiger charge is -2.15. The minimum Gasteiger partial charge on any atom is -0.382 e. The first-order valence-electron chi connectivity index (χ1n) is 9.01. The van der Waals surface area contributed by atoms with Crippen LogP contribution in [0.15, 0.2) is 69.6 Å². The molecule has 30 heavy (non-hydrogen) atoms. The first kappa shape index (κ1) is 18.7. The fraction of sp³-hybridized carbons (Fsp3) is 0.100. The largest absolute Gasteiger partial charge is 0.382 e. The van der Waals surface area contributed by atoms with E-state index in [4.69, 9.17) is 22.3 Å². The highest BCUT2D eigenvalue weighted by Crippen LogP contribution is 2.25. The molecule has 4 aromatic rings. The van der Waals surface area contributed by atoms with Crippen molar-refractivity contribution in [3.8, 4) is 5.69 Å². The van der Waals surface area contributed by atoms with Gasteiger partial charge in [0.2, 0.25) is 0 Å². The van der Waals surface area contributed by atoms with E-state index in [1.807, 2.05) is 30.3 Å². The third-order valence-corrected chi connectivity index (χ3v) is 5.86. The predicted molar refractivity (Wildman–Crippen MR) is 116 cm³/mol. The third-order valence-electron chi connectivity index (χ3n) is 4.60. The Labute approximate surface area is 179 Å². The number of rotatable bonds is 4. The van der Waals surface area contributed by atoms with Gasteiger partial charge in [0.25, 0.3) is 5.56 Å². The summed E-state index contributed by atoms with van der Waals surface area (Å²) in [5.74, 6) is 1.23. The number of nitrogen functional groups attached to an aromatic ring is 1. The molecule has 0 saturated carbocycles. The van der Waals surface area contributed by atoms with Gasteiger partial charge in [0.15, 0.2) is 16.8 Å². The molecule has 0 saturated heterocycles. The highest BCUT2D eigenvalue weighted by atomic mass is 35.5. The Morgan fingerprint density at radius 1 is 1.07 bits per heavy atom. The van der Waals surface area contributed by atoms with Gasteiger partial charge < -0.3 is 5.73 Å². The van der Waals surface area contributed by atoms with Gasteiger partial charge in [0.1, 0.15) is 17.5 Å². The normalized spacial score (nSPS) is 14.9. The molecule has 1 atom stereocenters. The molecule has 0 amide bonds. The van der Waals surface area contributed by atoms with Crippen LogP contribution in [-0.4, -0.2) is 25.0 Å². The molecule has 1 aliphatic heterocycles. The van der Waals surface area contributed by atoms with E-state index in [1.165, 1.54) is 18.1 Å². The summed E-state index contributed by atoms with van der Waals surface area (Å²) >= 11 is 7.81. The zero-order valence-electron chi connectivity index (χ0n) is 15.4. The number of nitrogens with zero attached hydrogens (tertiary/aromatic N) is 6. The van der Waals surface area contributed by atoms with Gasteiger partial charge in [0, 0.05) is 0 Å². The quantitative estimate of drug-likeness (QED) is 0.524. The van der Waals surface area contributed by atoms with Crippen molar-refractivity contribution >= 4 is 40.1 Å². The monoisotopic (exact) mass is 435 g/mol. The van der Waals surface area contributed by atoms with Crippen LogP contribution in [0.4, 0.5) is 5.82 Å². The number of benzene rings is 2. The number of hydrogen-bond acceptors (Lipinski definition) is 8. The summed E-state index contributed by atoms with van der Waals surface area (Å²) in [4.78, 5) is 35.0. The Morgan fingerprint density at radius 3 is 2.70 bits per heavy atom. The molecule has 148 valence electrons. The smallest absolute Gasteiger partial charge is 0.266 e. The van der Waals surface area contributed by atoms with Crippen molar-refractivity contribution < 1.29 is 0 Å². The number of halogens is 1. The first-order chi connectivity index (χ1) is 14.6. The summed E-state index contributed by atoms with van der Waals surface area (Å²) in [6.45, 7) is 0. The number of thioether (sulfide) groups is 1. The molecule has 3 heterocycles. The molecule has 1 unspecified atom stereocenters. The van der Waals surface area contributed by atoms with E-state index >= 15 is 0 Å². The summed E-state index contributed by atoms with van der Waals surface area (Å²) < 4.78 is 1.55. The molecule has 2 aromatic carbocycles. The van der Waals surface area contributed by atoms with Crippen LogP contribution in [0.2, 0.25) is 5.02 Å². The maximum absolute atomic E-state index is 13.3. The number of para-hydroxylation sites is 2. The Bertz CT molecular complexity index is 1470. The van der Waals surface area contributed by atoms with E-state index in [2.05, 4.69) is 20.0 Å². The molecular formula is C20H14ClN7OS. The van der Waals surface area contributed by atoms with Crippen LogP contribution in [-0.2, 0) is 5.75 Å². The Hall–Kier alpha value is -3.30. The minimum absolute atomic E-state index is 0.178. The Kier molecular flexibility index (Phi) is 4.68. The fourth-order valence-corrected chi connectivity index (χ4v) is 4.29. The highest BCUT2D eigenvalue weighted by Gasteiger charge is 2.18. The van der Waals surface area contributed by atoms with Crippen molar-refractivity contribution in [2.45, 2.75) is 11.3 Å². The van der Waals surface area contributed by atoms with Crippen LogP contribution >= 0.6 is 23.4 Å². The van der Waals surface area contributed by atoms with Crippen LogP contribution in [0.5, 0.6) is 0 Å². The summed E-state index contributed by atoms with van der Waals surface area (Å²) in [5, 5.41) is 1.48. The van der Waals surface area contributed by atoms with Crippen molar-refractivity contribution in [3.63, 3.8) is 0 Å². The molecule has 8 nitrogen and oxygen atoms in total. The molecule has 0 spiro atoms. The van der Waals surface area contributed by atoms with E-state index in [0.717, 1.165) is 0 Å². The van der Waals surface area contributed by atoms with Crippen molar-refractivity contribution in [3.05, 3.63) is 86.9 Å². The average molecular weight is 436 g/mol. The molecule has 10 heteroatoms. The van der Waals surface area contributed by atoms with Gasteiger partial charge in [-0.15, -0.1) is 11.8 Å². The Balaban J connectivity index is 1.59. The molecule has 2 N–H and O–H groups in total. The number of anilines is 1. The summed E-state index contributed by atoms with van der Waals surface area (Å²) in [6.07, 6.45) is 1.36. The minimum atomic E-state index is -0.443. The van der Waals surface area contributed by atoms with Crippen molar-refractivity contribution in [2.75, 3.05) is 5.73 Å². The second-order valence-electron chi connectivity index (χ2n) is 6.46. The molecular weight excluding hydrogens is 422 g/mol. The summed E-state index contributed by atoms with van der Waals surface area (Å²) in [5.41, 5.74) is 6.91. The van der Waals surface area contributed by atoms with Gasteiger partial charge in [0.05, 0.1) is 27.4 Å². The van der Waals surface area contributed by atoms with Gasteiger partial charge in [-0.2, -0.15) is 0 Å². The van der Waals surface area contributed by atoms with Gasteiger partial charge in [-0.25, -0.2) is 24.9 Å². The summed E-state index contributed by atoms with van der Waals surface area (Å²) in [7, 11) is 0. The van der Waals surface area contributed by atoms with Crippen molar-refractivity contribution in [2.24, 2.45) is 9.98 Å². The standard InChI is InChI=1S/C20H14ClN7OS/c21-12-6-2-4-8-14(12)28-15(25-13-7-3-1-5-11(13)19(28)29)9-30-20-26-16-17(22)23-10-24-18(16)27-20/h1-8,10,20H,9H2,(H2,22,23,24,27). The molecule has 0 fully saturated rings. The van der Waals surface area contributed by atoms with Crippen molar-refractivity contribution in [1.29, 1.82) is 0 Å². The van der Waals surface area contributed by atoms with Crippen LogP contribution in [0.1, 0.15) is 5.82 Å². The third kappa shape index (κ3) is 3.21. The van der Waals surface area contributed by atoms with E-state index in [9.17, 15) is 4.79 Å². The van der Waals surface area contributed by atoms with E-state index in [-0.39, 0.29) is 5.56 Å². The van der Waals surface area contributed by atoms with E-state index < -0.39 is 5.50 Å². The fourth-order valence-electron chi connectivity index (χ4n) is 3.23. The first-order valence-corrected chi connectivity index (χ1v) is 10.4. The predicted octanol–water partition coefficient (Wildman–Crippen LogP) is 1.88. The second-order valence-corrected chi connectivity index (χ2v) is 7.91. The van der Waals surface area contributed by atoms with Gasteiger partial charge in [-0.3, -0.25) is 9.36 Å². The summed E-state index contributed by atoms with van der Waals surface area (Å²) in [6, 6.07) is 14.4. The van der Waals surface area contributed by atoms with Crippen LogP contribution in [0, 0.1) is 0 Å². The average Bonchev–Trinajstić information content (AvgIpc) is 3.18. The van der Waals surface area contributed by atoms with Crippen LogP contribution < -0.4 is 22.1 Å². The maximum Gasteiger partial charge on any atom is 0.266 e. The molecule has 0 aliphatic carbocycles. The zero-order chi connectivity index (χ0) is 20.7. The van der Waals surface area contributed by atoms with Crippen LogP contribution in [0.25, 0.3) is 16.6 Å². The second kappa shape index (κ2) is 7.51. The highest BCUT2D eigenvalue weighted by molar-refractivity contribution is 7.99. The number of nitrogens with two attached hydrogens (primary N) is 1. The van der Waals surface area contributed by atoms with Gasteiger partial charge in [-0.1, -0.05) is 35.9 Å². The number of hydrogen-bond donors (Lipinski definition) is 1. The SMILES string of the molecule is Nc1ncnc2c1=NC(SCc1nc3ccccc3c(=O)n1-c1ccccc1Cl)N=2. The number of aromatic nitrogens is 4. The lowest BCUT2D eigenvalue weighted by molar-refractivity contribution is 0.878. The molecule has 0 bridgehead atoms. The van der Waals surface area contributed by atoms with E-state index in [1.54, 1.807) is 22.8 Å². The number of fused-ring (bicyclic) bond motifs is 2. The van der Waals surface area contributed by atoms with Gasteiger partial charge >= 0.3 is 0 Å². The lowest BCUT2D eigenvalue weighted by atomic mass is 10.2. The Morgan fingerprint density at radius 2 is 1.87 bits per heavy atom. The van der Waals surface area contributed by atoms with Crippen LogP contribution in [0.3, 0.4) is 0 Å². The molecule has 0 radical (unpaired) electrons. The molecule has 2 aromatic heterocycles. The zero-order valence-corrected chi connectivity index (χ0v) is 17.0. The van der Waals surface area contributed by atoms with Gasteiger partial charge in [-0.05, 0) is 24.3 Å². The topological polar surface area (TPSA) is 111 Å². The lowest BCUT2D eigenvalue weighted by Crippen LogP contribution is -2.29. The molecule has 1 aliphatic rings. The molecule has 5 rings (SSSR count). The maximum atomic E-state index is 13.3.